The number of sulfonamides is 1. The zero-order valence-electron chi connectivity index (χ0n) is 21.0. The Morgan fingerprint density at radius 3 is 2.21 bits per heavy atom. The molecule has 38 heavy (non-hydrogen) atoms. The standard InChI is InChI=1S/C28H28Cl2N2O5S/c1-3-37-27(34)28(14-15-28)21-7-9-22(10-8-21)31-26(33)18-32(17-20-6-13-24(29)25(30)16-20)38(35,36)23-11-4-19(2)5-12-23/h4-13,16H,3,14-15,17-18H2,1-2H3,(H,31,33). The number of carbonyl (C=O) groups excluding carboxylic acids is 2. The number of benzene rings is 3. The highest BCUT2D eigenvalue weighted by Crippen LogP contribution is 2.49. The van der Waals surface area contributed by atoms with Crippen LogP contribution in [0, 0.1) is 6.92 Å². The molecule has 0 aliphatic heterocycles. The molecule has 200 valence electrons. The summed E-state index contributed by atoms with van der Waals surface area (Å²) in [6, 6.07) is 18.2. The molecule has 1 aliphatic rings. The van der Waals surface area contributed by atoms with E-state index in [-0.39, 0.29) is 22.4 Å². The van der Waals surface area contributed by atoms with Crippen LogP contribution in [-0.2, 0) is 36.3 Å². The first-order valence-electron chi connectivity index (χ1n) is 12.1. The summed E-state index contributed by atoms with van der Waals surface area (Å²) in [5.74, 6) is -0.754. The van der Waals surface area contributed by atoms with Crippen LogP contribution in [-0.4, -0.2) is 37.8 Å². The zero-order chi connectivity index (χ0) is 27.5. The quantitative estimate of drug-likeness (QED) is 0.312. The smallest absolute Gasteiger partial charge is 0.316 e. The van der Waals surface area contributed by atoms with E-state index in [4.69, 9.17) is 27.9 Å². The van der Waals surface area contributed by atoms with E-state index in [0.29, 0.717) is 22.9 Å². The topological polar surface area (TPSA) is 92.8 Å². The van der Waals surface area contributed by atoms with Gasteiger partial charge in [0.05, 0.1) is 33.5 Å². The lowest BCUT2D eigenvalue weighted by Crippen LogP contribution is -2.37. The lowest BCUT2D eigenvalue weighted by atomic mass is 9.96. The van der Waals surface area contributed by atoms with Crippen LogP contribution in [0.1, 0.15) is 36.5 Å². The number of nitrogens with one attached hydrogen (secondary N) is 1. The van der Waals surface area contributed by atoms with Crippen molar-refractivity contribution in [3.05, 3.63) is 93.5 Å². The van der Waals surface area contributed by atoms with Crippen LogP contribution in [0.2, 0.25) is 10.0 Å². The molecule has 1 amide bonds. The monoisotopic (exact) mass is 574 g/mol. The predicted octanol–water partition coefficient (Wildman–Crippen LogP) is 5.73. The average Bonchev–Trinajstić information content (AvgIpc) is 3.69. The fourth-order valence-corrected chi connectivity index (χ4v) is 5.87. The molecule has 3 aromatic carbocycles. The van der Waals surface area contributed by atoms with Crippen LogP contribution in [0.5, 0.6) is 0 Å². The highest BCUT2D eigenvalue weighted by atomic mass is 35.5. The van der Waals surface area contributed by atoms with E-state index in [1.165, 1.54) is 12.1 Å². The molecule has 0 spiro atoms. The Bertz CT molecular complexity index is 1440. The van der Waals surface area contributed by atoms with Crippen LogP contribution in [0.3, 0.4) is 0 Å². The third-order valence-corrected chi connectivity index (χ3v) is 9.00. The molecule has 4 rings (SSSR count). The van der Waals surface area contributed by atoms with Crippen LogP contribution in [0.15, 0.2) is 71.6 Å². The third kappa shape index (κ3) is 6.21. The summed E-state index contributed by atoms with van der Waals surface area (Å²) in [6.07, 6.45) is 1.44. The number of aryl methyl sites for hydroxylation is 1. The number of rotatable bonds is 10. The Kier molecular flexibility index (Phi) is 8.47. The summed E-state index contributed by atoms with van der Waals surface area (Å²) in [6.45, 7) is 3.45. The van der Waals surface area contributed by atoms with Gasteiger partial charge < -0.3 is 10.1 Å². The Balaban J connectivity index is 1.53. The number of esters is 1. The van der Waals surface area contributed by atoms with Gasteiger partial charge in [0.1, 0.15) is 0 Å². The normalized spacial score (nSPS) is 14.2. The van der Waals surface area contributed by atoms with E-state index in [9.17, 15) is 18.0 Å². The number of halogens is 2. The van der Waals surface area contributed by atoms with Gasteiger partial charge in [0.2, 0.25) is 15.9 Å². The first kappa shape index (κ1) is 28.1. The number of carbonyl (C=O) groups is 2. The minimum Gasteiger partial charge on any atom is -0.465 e. The molecular formula is C28H28Cl2N2O5S. The second-order valence-electron chi connectivity index (χ2n) is 9.26. The van der Waals surface area contributed by atoms with Crippen LogP contribution >= 0.6 is 23.2 Å². The molecule has 1 fully saturated rings. The molecule has 3 aromatic rings. The molecule has 0 radical (unpaired) electrons. The number of anilines is 1. The van der Waals surface area contributed by atoms with Crippen LogP contribution in [0.4, 0.5) is 5.69 Å². The number of amides is 1. The van der Waals surface area contributed by atoms with Crippen molar-refractivity contribution in [1.29, 1.82) is 0 Å². The van der Waals surface area contributed by atoms with Crippen LogP contribution < -0.4 is 5.32 Å². The number of ether oxygens (including phenoxy) is 1. The summed E-state index contributed by atoms with van der Waals surface area (Å²) in [5, 5.41) is 3.39. The minimum absolute atomic E-state index is 0.0778. The van der Waals surface area contributed by atoms with Crippen molar-refractivity contribution >= 4 is 50.8 Å². The lowest BCUT2D eigenvalue weighted by Gasteiger charge is -2.22. The highest BCUT2D eigenvalue weighted by Gasteiger charge is 2.52. The maximum atomic E-state index is 13.5. The predicted molar refractivity (Wildman–Crippen MR) is 148 cm³/mol. The van der Waals surface area contributed by atoms with Gasteiger partial charge in [-0.2, -0.15) is 4.31 Å². The molecule has 0 saturated heterocycles. The van der Waals surface area contributed by atoms with Gasteiger partial charge in [-0.25, -0.2) is 8.42 Å². The molecule has 0 aromatic heterocycles. The van der Waals surface area contributed by atoms with Gasteiger partial charge in [-0.05, 0) is 74.2 Å². The number of hydrogen-bond acceptors (Lipinski definition) is 5. The van der Waals surface area contributed by atoms with Crippen molar-refractivity contribution in [2.24, 2.45) is 0 Å². The molecule has 1 saturated carbocycles. The van der Waals surface area contributed by atoms with E-state index in [1.54, 1.807) is 61.5 Å². The average molecular weight is 576 g/mol. The Labute approximate surface area is 232 Å². The van der Waals surface area contributed by atoms with Gasteiger partial charge in [0.15, 0.2) is 0 Å². The Morgan fingerprint density at radius 2 is 1.63 bits per heavy atom. The molecule has 7 nitrogen and oxygen atoms in total. The molecule has 0 heterocycles. The molecule has 1 N–H and O–H groups in total. The summed E-state index contributed by atoms with van der Waals surface area (Å²) < 4.78 is 33.3. The van der Waals surface area contributed by atoms with Gasteiger partial charge >= 0.3 is 5.97 Å². The van der Waals surface area contributed by atoms with Gasteiger partial charge in [0.25, 0.3) is 0 Å². The summed E-state index contributed by atoms with van der Waals surface area (Å²) in [4.78, 5) is 25.5. The first-order chi connectivity index (χ1) is 18.0. The van der Waals surface area contributed by atoms with Crippen molar-refractivity contribution in [1.82, 2.24) is 4.31 Å². The largest absolute Gasteiger partial charge is 0.465 e. The van der Waals surface area contributed by atoms with E-state index >= 15 is 0 Å². The molecule has 1 aliphatic carbocycles. The first-order valence-corrected chi connectivity index (χ1v) is 14.3. The fraction of sp³-hybridized carbons (Fsp3) is 0.286. The third-order valence-electron chi connectivity index (χ3n) is 6.46. The summed E-state index contributed by atoms with van der Waals surface area (Å²) >= 11 is 12.2. The second-order valence-corrected chi connectivity index (χ2v) is 12.0. The SMILES string of the molecule is CCOC(=O)C1(c2ccc(NC(=O)CN(Cc3ccc(Cl)c(Cl)c3)S(=O)(=O)c3ccc(C)cc3)cc2)CC1. The maximum Gasteiger partial charge on any atom is 0.316 e. The van der Waals surface area contributed by atoms with Crippen molar-refractivity contribution in [3.8, 4) is 0 Å². The lowest BCUT2D eigenvalue weighted by molar-refractivity contribution is -0.146. The van der Waals surface area contributed by atoms with Crippen molar-refractivity contribution in [2.75, 3.05) is 18.5 Å². The van der Waals surface area contributed by atoms with Crippen LogP contribution in [0.25, 0.3) is 0 Å². The molecule has 10 heteroatoms. The minimum atomic E-state index is -4.01. The number of hydrogen-bond donors (Lipinski definition) is 1. The number of nitrogens with zero attached hydrogens (tertiary/aromatic N) is 1. The van der Waals surface area contributed by atoms with E-state index in [2.05, 4.69) is 5.32 Å². The zero-order valence-corrected chi connectivity index (χ0v) is 23.4. The fourth-order valence-electron chi connectivity index (χ4n) is 4.16. The second kappa shape index (κ2) is 11.5. The van der Waals surface area contributed by atoms with E-state index in [1.807, 2.05) is 6.92 Å². The Morgan fingerprint density at radius 1 is 0.974 bits per heavy atom. The van der Waals surface area contributed by atoms with E-state index < -0.39 is 27.9 Å². The molecule has 0 atom stereocenters. The summed E-state index contributed by atoms with van der Waals surface area (Å²) in [5.41, 5.74) is 2.20. The molecular weight excluding hydrogens is 547 g/mol. The van der Waals surface area contributed by atoms with E-state index in [0.717, 1.165) is 28.3 Å². The van der Waals surface area contributed by atoms with Crippen molar-refractivity contribution < 1.29 is 22.7 Å². The molecule has 0 bridgehead atoms. The van der Waals surface area contributed by atoms with Crippen molar-refractivity contribution in [2.45, 2.75) is 43.5 Å². The van der Waals surface area contributed by atoms with Gasteiger partial charge in [0, 0.05) is 12.2 Å². The maximum absolute atomic E-state index is 13.5. The van der Waals surface area contributed by atoms with Gasteiger partial charge in [-0.15, -0.1) is 0 Å². The Hall–Kier alpha value is -2.91. The van der Waals surface area contributed by atoms with Crippen molar-refractivity contribution in [3.63, 3.8) is 0 Å². The van der Waals surface area contributed by atoms with Gasteiger partial charge in [-0.3, -0.25) is 9.59 Å². The molecule has 0 unspecified atom stereocenters. The summed E-state index contributed by atoms with van der Waals surface area (Å²) in [7, 11) is -4.01. The highest BCUT2D eigenvalue weighted by molar-refractivity contribution is 7.89. The van der Waals surface area contributed by atoms with Gasteiger partial charge in [-0.1, -0.05) is 59.1 Å².